The molecular weight excluding hydrogens is 769 g/mol. The van der Waals surface area contributed by atoms with E-state index in [0.29, 0.717) is 12.8 Å². The Bertz CT molecular complexity index is 1140. The molecule has 0 heterocycles. The van der Waals surface area contributed by atoms with Crippen molar-refractivity contribution in [2.24, 2.45) is 5.73 Å². The predicted molar refractivity (Wildman–Crippen MR) is 240 cm³/mol. The largest absolute Gasteiger partial charge is 0.480 e. The molecule has 0 spiro atoms. The molecule has 11 nitrogen and oxygen atoms in total. The minimum absolute atomic E-state index is 0.159. The quantitative estimate of drug-likeness (QED) is 0.0230. The van der Waals surface area contributed by atoms with Gasteiger partial charge in [0, 0.05) is 12.8 Å². The number of carbonyl (C=O) groups is 3. The van der Waals surface area contributed by atoms with E-state index in [1.54, 1.807) is 0 Å². The highest BCUT2D eigenvalue weighted by Crippen LogP contribution is 2.43. The Morgan fingerprint density at radius 2 is 0.898 bits per heavy atom. The first-order chi connectivity index (χ1) is 28.6. The summed E-state index contributed by atoms with van der Waals surface area (Å²) >= 11 is 0. The summed E-state index contributed by atoms with van der Waals surface area (Å²) in [6.45, 7) is 2.78. The number of ether oxygens (including phenoxy) is 2. The monoisotopic (exact) mass is 856 g/mol. The zero-order valence-electron chi connectivity index (χ0n) is 37.3. The lowest BCUT2D eigenvalue weighted by atomic mass is 10.0. The summed E-state index contributed by atoms with van der Waals surface area (Å²) in [6, 6.07) is -1.52. The molecule has 0 aromatic rings. The van der Waals surface area contributed by atoms with E-state index >= 15 is 0 Å². The first-order valence-corrected chi connectivity index (χ1v) is 25.0. The first-order valence-electron chi connectivity index (χ1n) is 23.5. The Morgan fingerprint density at radius 3 is 1.37 bits per heavy atom. The summed E-state index contributed by atoms with van der Waals surface area (Å²) in [6.07, 6.45) is 46.3. The van der Waals surface area contributed by atoms with Crippen LogP contribution >= 0.6 is 7.82 Å². The van der Waals surface area contributed by atoms with Gasteiger partial charge in [0.1, 0.15) is 12.6 Å². The maximum atomic E-state index is 12.7. The summed E-state index contributed by atoms with van der Waals surface area (Å²) in [5.74, 6) is -2.40. The molecule has 0 aliphatic carbocycles. The van der Waals surface area contributed by atoms with Crippen molar-refractivity contribution in [3.63, 3.8) is 0 Å². The molecule has 0 amide bonds. The topological polar surface area (TPSA) is 172 Å². The fourth-order valence-corrected chi connectivity index (χ4v) is 7.20. The third kappa shape index (κ3) is 42.2. The van der Waals surface area contributed by atoms with Crippen LogP contribution in [0.3, 0.4) is 0 Å². The van der Waals surface area contributed by atoms with E-state index in [2.05, 4.69) is 54.8 Å². The van der Waals surface area contributed by atoms with E-state index in [0.717, 1.165) is 57.8 Å². The minimum Gasteiger partial charge on any atom is -0.480 e. The van der Waals surface area contributed by atoms with Crippen LogP contribution in [0, 0.1) is 0 Å². The summed E-state index contributed by atoms with van der Waals surface area (Å²) < 4.78 is 32.8. The van der Waals surface area contributed by atoms with E-state index in [-0.39, 0.29) is 19.4 Å². The lowest BCUT2D eigenvalue weighted by Crippen LogP contribution is -2.34. The number of phosphoric acid groups is 1. The average Bonchev–Trinajstić information content (AvgIpc) is 3.21. The standard InChI is InChI=1S/C47H86NO10P/c1-3-5-7-9-11-13-15-17-19-21-23-25-27-29-31-33-35-37-39-46(50)58-43(41-56-59(53,54)57-42-44(48)47(51)52)40-55-45(49)38-36-34-32-30-28-26-24-22-20-18-16-14-12-10-8-6-4-2/h12,14,18,20,24,26,43-44H,3-11,13,15-17,19,21-23,25,27-42,48H2,1-2H3,(H,51,52)(H,53,54)/b14-12+,20-18+,26-24+/t43-,44+/m1/s1. The number of carbonyl (C=O) groups excluding carboxylic acids is 2. The van der Waals surface area contributed by atoms with Gasteiger partial charge in [-0.25, -0.2) is 4.57 Å². The number of unbranched alkanes of at least 4 members (excludes halogenated alkanes) is 24. The Balaban J connectivity index is 4.33. The molecule has 0 aromatic heterocycles. The van der Waals surface area contributed by atoms with Crippen molar-refractivity contribution in [3.05, 3.63) is 36.5 Å². The third-order valence-corrected chi connectivity index (χ3v) is 11.1. The van der Waals surface area contributed by atoms with E-state index in [9.17, 15) is 23.8 Å². The Kier molecular flexibility index (Phi) is 40.7. The van der Waals surface area contributed by atoms with Gasteiger partial charge in [0.25, 0.3) is 0 Å². The molecule has 0 saturated carbocycles. The molecule has 4 N–H and O–H groups in total. The number of carboxylic acid groups (broad SMARTS) is 1. The number of nitrogens with two attached hydrogens (primary N) is 1. The van der Waals surface area contributed by atoms with Crippen molar-refractivity contribution in [1.82, 2.24) is 0 Å². The van der Waals surface area contributed by atoms with Crippen LogP contribution in [0.4, 0.5) is 0 Å². The number of aliphatic carboxylic acids is 1. The summed E-state index contributed by atoms with van der Waals surface area (Å²) in [7, 11) is -4.72. The highest BCUT2D eigenvalue weighted by molar-refractivity contribution is 7.47. The van der Waals surface area contributed by atoms with Crippen LogP contribution in [-0.4, -0.2) is 59.9 Å². The molecule has 59 heavy (non-hydrogen) atoms. The highest BCUT2D eigenvalue weighted by atomic mass is 31.2. The van der Waals surface area contributed by atoms with Crippen molar-refractivity contribution in [2.45, 2.75) is 225 Å². The lowest BCUT2D eigenvalue weighted by Gasteiger charge is -2.20. The lowest BCUT2D eigenvalue weighted by molar-refractivity contribution is -0.161. The molecule has 12 heteroatoms. The SMILES string of the molecule is CCCCC/C=C/C/C=C/C/C=C/CCCCCCC(=O)OC[C@H](COP(=O)(O)OC[C@H](N)C(=O)O)OC(=O)CCCCCCCCCCCCCCCCCCCC. The van der Waals surface area contributed by atoms with Gasteiger partial charge in [0.2, 0.25) is 0 Å². The van der Waals surface area contributed by atoms with Gasteiger partial charge in [-0.3, -0.25) is 23.4 Å². The number of hydrogen-bond acceptors (Lipinski definition) is 9. The van der Waals surface area contributed by atoms with Crippen LogP contribution in [-0.2, 0) is 37.5 Å². The van der Waals surface area contributed by atoms with E-state index in [4.69, 9.17) is 24.8 Å². The maximum absolute atomic E-state index is 12.7. The van der Waals surface area contributed by atoms with Gasteiger partial charge in [-0.1, -0.05) is 185 Å². The summed E-state index contributed by atoms with van der Waals surface area (Å²) in [5.41, 5.74) is 5.34. The summed E-state index contributed by atoms with van der Waals surface area (Å²) in [4.78, 5) is 46.0. The van der Waals surface area contributed by atoms with Gasteiger partial charge in [0.15, 0.2) is 6.10 Å². The first kappa shape index (κ1) is 56.7. The second-order valence-electron chi connectivity index (χ2n) is 15.9. The van der Waals surface area contributed by atoms with Gasteiger partial charge >= 0.3 is 25.7 Å². The second-order valence-corrected chi connectivity index (χ2v) is 17.3. The molecule has 0 saturated heterocycles. The van der Waals surface area contributed by atoms with Crippen LogP contribution < -0.4 is 5.73 Å². The minimum atomic E-state index is -4.72. The molecule has 1 unspecified atom stereocenters. The summed E-state index contributed by atoms with van der Waals surface area (Å²) in [5, 5.41) is 8.90. The number of rotatable bonds is 44. The van der Waals surface area contributed by atoms with Crippen LogP contribution in [0.25, 0.3) is 0 Å². The van der Waals surface area contributed by atoms with Gasteiger partial charge in [0.05, 0.1) is 13.2 Å². The number of phosphoric ester groups is 1. The van der Waals surface area contributed by atoms with Gasteiger partial charge < -0.3 is 25.2 Å². The Morgan fingerprint density at radius 1 is 0.525 bits per heavy atom. The molecular formula is C47H86NO10P. The van der Waals surface area contributed by atoms with Crippen LogP contribution in [0.15, 0.2) is 36.5 Å². The molecule has 0 aliphatic rings. The number of carboxylic acids is 1. The molecule has 0 bridgehead atoms. The van der Waals surface area contributed by atoms with Gasteiger partial charge in [-0.2, -0.15) is 0 Å². The second kappa shape index (κ2) is 42.4. The Labute approximate surface area is 359 Å². The van der Waals surface area contributed by atoms with E-state index < -0.39 is 51.1 Å². The predicted octanol–water partition coefficient (Wildman–Crippen LogP) is 12.8. The fourth-order valence-electron chi connectivity index (χ4n) is 6.43. The molecule has 3 atom stereocenters. The molecule has 0 aliphatic heterocycles. The highest BCUT2D eigenvalue weighted by Gasteiger charge is 2.28. The van der Waals surface area contributed by atoms with Crippen LogP contribution in [0.5, 0.6) is 0 Å². The molecule has 344 valence electrons. The molecule has 0 radical (unpaired) electrons. The van der Waals surface area contributed by atoms with Crippen LogP contribution in [0.1, 0.15) is 213 Å². The normalized spacial score (nSPS) is 14.0. The molecule has 0 aromatic carbocycles. The number of esters is 2. The van der Waals surface area contributed by atoms with Crippen molar-refractivity contribution < 1.29 is 47.5 Å². The van der Waals surface area contributed by atoms with Crippen molar-refractivity contribution >= 4 is 25.7 Å². The van der Waals surface area contributed by atoms with Crippen LogP contribution in [0.2, 0.25) is 0 Å². The number of hydrogen-bond donors (Lipinski definition) is 3. The maximum Gasteiger partial charge on any atom is 0.472 e. The number of allylic oxidation sites excluding steroid dienone is 6. The van der Waals surface area contributed by atoms with Crippen molar-refractivity contribution in [3.8, 4) is 0 Å². The van der Waals surface area contributed by atoms with E-state index in [1.165, 1.54) is 116 Å². The molecule has 0 fully saturated rings. The van der Waals surface area contributed by atoms with Crippen molar-refractivity contribution in [2.75, 3.05) is 19.8 Å². The van der Waals surface area contributed by atoms with Crippen molar-refractivity contribution in [1.29, 1.82) is 0 Å². The van der Waals surface area contributed by atoms with Gasteiger partial charge in [-0.05, 0) is 51.4 Å². The van der Waals surface area contributed by atoms with Gasteiger partial charge in [-0.15, -0.1) is 0 Å². The smallest absolute Gasteiger partial charge is 0.472 e. The third-order valence-electron chi connectivity index (χ3n) is 10.1. The zero-order chi connectivity index (χ0) is 43.5. The Hall–Kier alpha value is -2.30. The van der Waals surface area contributed by atoms with E-state index in [1.807, 2.05) is 0 Å². The average molecular weight is 856 g/mol. The fraction of sp³-hybridized carbons (Fsp3) is 0.809. The zero-order valence-corrected chi connectivity index (χ0v) is 38.2. The molecule has 0 rings (SSSR count).